The van der Waals surface area contributed by atoms with Crippen LogP contribution in [-0.4, -0.2) is 36.2 Å². The summed E-state index contributed by atoms with van der Waals surface area (Å²) in [6.45, 7) is 2.76. The van der Waals surface area contributed by atoms with Gasteiger partial charge in [0.25, 0.3) is 0 Å². The third-order valence-corrected chi connectivity index (χ3v) is 3.33. The second kappa shape index (κ2) is 8.48. The summed E-state index contributed by atoms with van der Waals surface area (Å²) in [4.78, 5) is 2.32. The highest BCUT2D eigenvalue weighted by atomic mass is 35.5. The van der Waals surface area contributed by atoms with Crippen molar-refractivity contribution in [3.05, 3.63) is 23.8 Å². The van der Waals surface area contributed by atoms with Gasteiger partial charge in [-0.2, -0.15) is 0 Å². The largest absolute Gasteiger partial charge is 0.504 e. The number of halogens is 2. The maximum absolute atomic E-state index is 10.00. The van der Waals surface area contributed by atoms with Gasteiger partial charge in [-0.3, -0.25) is 4.90 Å². The predicted octanol–water partition coefficient (Wildman–Crippen LogP) is 2.17. The molecule has 1 saturated heterocycles. The van der Waals surface area contributed by atoms with E-state index >= 15 is 0 Å². The summed E-state index contributed by atoms with van der Waals surface area (Å²) in [5.74, 6) is 0.793. The molecule has 0 aliphatic carbocycles. The van der Waals surface area contributed by atoms with Crippen molar-refractivity contribution in [2.45, 2.75) is 25.4 Å². The Morgan fingerprint density at radius 2 is 1.95 bits per heavy atom. The number of nitrogens with two attached hydrogens (primary N) is 1. The second-order valence-electron chi connectivity index (χ2n) is 4.58. The van der Waals surface area contributed by atoms with Gasteiger partial charge in [-0.25, -0.2) is 0 Å². The highest BCUT2D eigenvalue weighted by Gasteiger charge is 2.17. The lowest BCUT2D eigenvalue weighted by Gasteiger charge is -2.30. The molecule has 0 saturated carbocycles. The first-order valence-corrected chi connectivity index (χ1v) is 6.03. The Labute approximate surface area is 126 Å². The second-order valence-corrected chi connectivity index (χ2v) is 4.58. The van der Waals surface area contributed by atoms with E-state index in [1.165, 1.54) is 0 Å². The molecule has 1 fully saturated rings. The Morgan fingerprint density at radius 1 is 1.32 bits per heavy atom. The molecule has 4 nitrogen and oxygen atoms in total. The minimum Gasteiger partial charge on any atom is -0.504 e. The Balaban J connectivity index is 0.00000162. The van der Waals surface area contributed by atoms with E-state index in [1.54, 1.807) is 13.2 Å². The Morgan fingerprint density at radius 3 is 2.53 bits per heavy atom. The van der Waals surface area contributed by atoms with Gasteiger partial charge in [-0.05, 0) is 32.0 Å². The molecule has 0 atom stereocenters. The van der Waals surface area contributed by atoms with Crippen LogP contribution in [0.25, 0.3) is 0 Å². The fraction of sp³-hybridized carbons (Fsp3) is 0.538. The highest BCUT2D eigenvalue weighted by molar-refractivity contribution is 5.85. The number of rotatable bonds is 3. The molecule has 1 aliphatic rings. The maximum atomic E-state index is 10.00. The molecule has 6 heteroatoms. The average molecular weight is 309 g/mol. The normalized spacial score (nSPS) is 16.3. The van der Waals surface area contributed by atoms with Crippen LogP contribution >= 0.6 is 24.8 Å². The van der Waals surface area contributed by atoms with Crippen molar-refractivity contribution in [3.8, 4) is 11.5 Å². The van der Waals surface area contributed by atoms with Crippen molar-refractivity contribution in [3.63, 3.8) is 0 Å². The molecule has 0 radical (unpaired) electrons. The Bertz CT molecular complexity index is 383. The number of benzene rings is 1. The molecular weight excluding hydrogens is 287 g/mol. The van der Waals surface area contributed by atoms with Crippen molar-refractivity contribution >= 4 is 24.8 Å². The molecule has 2 rings (SSSR count). The zero-order valence-corrected chi connectivity index (χ0v) is 12.7. The van der Waals surface area contributed by atoms with Gasteiger partial charge in [0.05, 0.1) is 7.11 Å². The van der Waals surface area contributed by atoms with Gasteiger partial charge in [0.1, 0.15) is 0 Å². The van der Waals surface area contributed by atoms with E-state index in [4.69, 9.17) is 10.5 Å². The number of nitrogens with zero attached hydrogens (tertiary/aromatic N) is 1. The number of para-hydroxylation sites is 1. The minimum atomic E-state index is 0. The van der Waals surface area contributed by atoms with Gasteiger partial charge in [0.15, 0.2) is 11.5 Å². The Hall–Kier alpha value is -0.680. The summed E-state index contributed by atoms with van der Waals surface area (Å²) >= 11 is 0. The lowest BCUT2D eigenvalue weighted by Crippen LogP contribution is -2.39. The summed E-state index contributed by atoms with van der Waals surface area (Å²) in [5, 5.41) is 10.00. The van der Waals surface area contributed by atoms with Gasteiger partial charge in [0, 0.05) is 18.2 Å². The molecule has 0 unspecified atom stereocenters. The monoisotopic (exact) mass is 308 g/mol. The van der Waals surface area contributed by atoms with Crippen LogP contribution in [0.4, 0.5) is 0 Å². The quantitative estimate of drug-likeness (QED) is 0.898. The lowest BCUT2D eigenvalue weighted by molar-refractivity contribution is 0.203. The summed E-state index contributed by atoms with van der Waals surface area (Å²) in [5.41, 5.74) is 6.79. The molecule has 1 heterocycles. The van der Waals surface area contributed by atoms with Crippen LogP contribution in [0.3, 0.4) is 0 Å². The molecule has 0 aromatic heterocycles. The lowest BCUT2D eigenvalue weighted by atomic mass is 10.0. The number of aromatic hydroxyl groups is 1. The van der Waals surface area contributed by atoms with E-state index in [-0.39, 0.29) is 30.6 Å². The van der Waals surface area contributed by atoms with Gasteiger partial charge < -0.3 is 15.6 Å². The predicted molar refractivity (Wildman–Crippen MR) is 81.6 cm³/mol. The van der Waals surface area contributed by atoms with Crippen molar-refractivity contribution in [2.75, 3.05) is 20.2 Å². The van der Waals surface area contributed by atoms with Crippen LogP contribution in [0.2, 0.25) is 0 Å². The number of piperidine rings is 1. The minimum absolute atomic E-state index is 0. The fourth-order valence-corrected chi connectivity index (χ4v) is 2.21. The zero-order chi connectivity index (χ0) is 12.3. The number of hydrogen-bond donors (Lipinski definition) is 2. The van der Waals surface area contributed by atoms with E-state index in [9.17, 15) is 5.11 Å². The van der Waals surface area contributed by atoms with Gasteiger partial charge in [0.2, 0.25) is 0 Å². The van der Waals surface area contributed by atoms with E-state index in [0.717, 1.165) is 38.0 Å². The molecule has 3 N–H and O–H groups in total. The van der Waals surface area contributed by atoms with Gasteiger partial charge >= 0.3 is 0 Å². The summed E-state index contributed by atoms with van der Waals surface area (Å²) in [7, 11) is 1.57. The van der Waals surface area contributed by atoms with Crippen molar-refractivity contribution in [1.29, 1.82) is 0 Å². The maximum Gasteiger partial charge on any atom is 0.162 e. The van der Waals surface area contributed by atoms with E-state index in [0.29, 0.717) is 11.8 Å². The molecule has 0 spiro atoms. The van der Waals surface area contributed by atoms with Crippen molar-refractivity contribution in [2.24, 2.45) is 5.73 Å². The van der Waals surface area contributed by atoms with Crippen molar-refractivity contribution in [1.82, 2.24) is 4.90 Å². The molecular formula is C13H22Cl2N2O2. The van der Waals surface area contributed by atoms with E-state index in [2.05, 4.69) is 4.90 Å². The number of ether oxygens (including phenoxy) is 1. The number of phenolic OH excluding ortho intramolecular Hbond substituents is 1. The third-order valence-electron chi connectivity index (χ3n) is 3.33. The molecule has 110 valence electrons. The number of methoxy groups -OCH3 is 1. The van der Waals surface area contributed by atoms with Crippen LogP contribution in [0, 0.1) is 0 Å². The van der Waals surface area contributed by atoms with E-state index < -0.39 is 0 Å². The van der Waals surface area contributed by atoms with Crippen LogP contribution < -0.4 is 10.5 Å². The van der Waals surface area contributed by atoms with Crippen LogP contribution in [0.15, 0.2) is 18.2 Å². The molecule has 1 aromatic carbocycles. The average Bonchev–Trinajstić information content (AvgIpc) is 2.35. The molecule has 0 bridgehead atoms. The SMILES string of the molecule is COc1cccc(CN2CCC(N)CC2)c1O.Cl.Cl. The first-order chi connectivity index (χ1) is 8.20. The van der Waals surface area contributed by atoms with Crippen LogP contribution in [-0.2, 0) is 6.54 Å². The number of likely N-dealkylation sites (tertiary alicyclic amines) is 1. The topological polar surface area (TPSA) is 58.7 Å². The standard InChI is InChI=1S/C13H20N2O2.2ClH/c1-17-12-4-2-3-10(13(12)16)9-15-7-5-11(14)6-8-15;;/h2-4,11,16H,5-9,14H2,1H3;2*1H. The van der Waals surface area contributed by atoms with Crippen molar-refractivity contribution < 1.29 is 9.84 Å². The van der Waals surface area contributed by atoms with Crippen LogP contribution in [0.5, 0.6) is 11.5 Å². The third kappa shape index (κ3) is 4.73. The summed E-state index contributed by atoms with van der Waals surface area (Å²) in [6.07, 6.45) is 2.06. The smallest absolute Gasteiger partial charge is 0.162 e. The van der Waals surface area contributed by atoms with Gasteiger partial charge in [-0.15, -0.1) is 24.8 Å². The molecule has 0 amide bonds. The molecule has 19 heavy (non-hydrogen) atoms. The fourth-order valence-electron chi connectivity index (χ4n) is 2.21. The van der Waals surface area contributed by atoms with Crippen LogP contribution in [0.1, 0.15) is 18.4 Å². The number of hydrogen-bond acceptors (Lipinski definition) is 4. The first kappa shape index (κ1) is 18.3. The molecule has 1 aliphatic heterocycles. The first-order valence-electron chi connectivity index (χ1n) is 6.03. The molecule has 1 aromatic rings. The summed E-state index contributed by atoms with van der Waals surface area (Å²) < 4.78 is 5.10. The Kier molecular flexibility index (Phi) is 8.18. The summed E-state index contributed by atoms with van der Waals surface area (Å²) in [6, 6.07) is 5.95. The zero-order valence-electron chi connectivity index (χ0n) is 11.0. The number of phenols is 1. The highest BCUT2D eigenvalue weighted by Crippen LogP contribution is 2.30. The van der Waals surface area contributed by atoms with Gasteiger partial charge in [-0.1, -0.05) is 12.1 Å². The van der Waals surface area contributed by atoms with E-state index in [1.807, 2.05) is 12.1 Å².